The van der Waals surface area contributed by atoms with Gasteiger partial charge in [-0.25, -0.2) is 0 Å². The molecule has 17 heavy (non-hydrogen) atoms. The third-order valence-electron chi connectivity index (χ3n) is 2.55. The largest absolute Gasteiger partial charge is 0.390 e. The lowest BCUT2D eigenvalue weighted by Gasteiger charge is -2.18. The van der Waals surface area contributed by atoms with Gasteiger partial charge in [0.15, 0.2) is 0 Å². The topological polar surface area (TPSA) is 29.5 Å². The molecule has 0 spiro atoms. The first-order valence-electron chi connectivity index (χ1n) is 5.85. The van der Waals surface area contributed by atoms with Crippen molar-refractivity contribution in [1.82, 2.24) is 0 Å². The molecule has 1 rings (SSSR count). The number of ether oxygens (including phenoxy) is 1. The van der Waals surface area contributed by atoms with Gasteiger partial charge in [-0.05, 0) is 18.9 Å². The molecule has 0 fully saturated rings. The quantitative estimate of drug-likeness (QED) is 0.732. The maximum atomic E-state index is 9.81. The highest BCUT2D eigenvalue weighted by Gasteiger charge is 2.12. The van der Waals surface area contributed by atoms with Gasteiger partial charge in [0.1, 0.15) is 0 Å². The molecular formula is C15H20O2. The molecule has 0 unspecified atom stereocenters. The van der Waals surface area contributed by atoms with E-state index >= 15 is 0 Å². The fourth-order valence-electron chi connectivity index (χ4n) is 1.42. The van der Waals surface area contributed by atoms with Crippen LogP contribution in [0.1, 0.15) is 18.9 Å². The highest BCUT2D eigenvalue weighted by atomic mass is 16.5. The Morgan fingerprint density at radius 3 is 2.71 bits per heavy atom. The molecule has 2 heteroatoms. The smallest absolute Gasteiger partial charge is 0.0833 e. The van der Waals surface area contributed by atoms with Crippen molar-refractivity contribution in [3.05, 3.63) is 60.7 Å². The minimum absolute atomic E-state index is 0.176. The van der Waals surface area contributed by atoms with Gasteiger partial charge in [-0.3, -0.25) is 0 Å². The highest BCUT2D eigenvalue weighted by molar-refractivity contribution is 5.13. The van der Waals surface area contributed by atoms with Crippen molar-refractivity contribution in [3.8, 4) is 0 Å². The number of hydrogen-bond acceptors (Lipinski definition) is 2. The number of rotatable bonds is 7. The predicted octanol–water partition coefficient (Wildman–Crippen LogP) is 3.08. The maximum Gasteiger partial charge on any atom is 0.0833 e. The molecule has 2 atom stereocenters. The number of aliphatic hydroxyl groups excluding tert-OH is 1. The Morgan fingerprint density at radius 1 is 1.35 bits per heavy atom. The molecule has 0 heterocycles. The molecule has 0 saturated heterocycles. The van der Waals surface area contributed by atoms with Crippen molar-refractivity contribution >= 4 is 0 Å². The van der Waals surface area contributed by atoms with Crippen molar-refractivity contribution in [3.63, 3.8) is 0 Å². The van der Waals surface area contributed by atoms with Gasteiger partial charge in [-0.15, -0.1) is 0 Å². The minimum Gasteiger partial charge on any atom is -0.390 e. The average Bonchev–Trinajstić information content (AvgIpc) is 2.37. The van der Waals surface area contributed by atoms with E-state index < -0.39 is 6.10 Å². The lowest BCUT2D eigenvalue weighted by molar-refractivity contribution is -0.0333. The van der Waals surface area contributed by atoms with Crippen molar-refractivity contribution < 1.29 is 9.84 Å². The van der Waals surface area contributed by atoms with Crippen LogP contribution in [0.2, 0.25) is 0 Å². The van der Waals surface area contributed by atoms with Gasteiger partial charge in [0.25, 0.3) is 0 Å². The molecule has 0 bridgehead atoms. The van der Waals surface area contributed by atoms with E-state index in [-0.39, 0.29) is 6.10 Å². The van der Waals surface area contributed by atoms with E-state index in [0.29, 0.717) is 13.0 Å². The Hall–Kier alpha value is -1.38. The van der Waals surface area contributed by atoms with Gasteiger partial charge in [0, 0.05) is 0 Å². The Kier molecular flexibility index (Phi) is 6.30. The van der Waals surface area contributed by atoms with Crippen LogP contribution >= 0.6 is 0 Å². The molecule has 0 aliphatic carbocycles. The first kappa shape index (κ1) is 13.7. The van der Waals surface area contributed by atoms with E-state index in [0.717, 1.165) is 5.56 Å². The maximum absolute atomic E-state index is 9.81. The summed E-state index contributed by atoms with van der Waals surface area (Å²) < 4.78 is 5.61. The third-order valence-corrected chi connectivity index (χ3v) is 2.55. The van der Waals surface area contributed by atoms with Crippen LogP contribution in [-0.4, -0.2) is 17.3 Å². The summed E-state index contributed by atoms with van der Waals surface area (Å²) in [5.41, 5.74) is 1.12. The Balaban J connectivity index is 2.31. The van der Waals surface area contributed by atoms with E-state index in [1.165, 1.54) is 0 Å². The number of allylic oxidation sites excluding steroid dienone is 2. The van der Waals surface area contributed by atoms with Crippen LogP contribution in [0, 0.1) is 0 Å². The molecule has 1 aromatic rings. The van der Waals surface area contributed by atoms with E-state index in [4.69, 9.17) is 4.74 Å². The van der Waals surface area contributed by atoms with Crippen molar-refractivity contribution in [2.24, 2.45) is 0 Å². The zero-order chi connectivity index (χ0) is 12.5. The van der Waals surface area contributed by atoms with Crippen LogP contribution in [0.25, 0.3) is 0 Å². The molecular weight excluding hydrogens is 212 g/mol. The standard InChI is InChI=1S/C15H20O2/c1-3-4-6-11-15(16)13(2)17-12-14-9-7-5-8-10-14/h3-10,13,15-16H,1,11-12H2,2H3/b6-4+/t13-,15-/m1/s1. The Labute approximate surface area is 103 Å². The summed E-state index contributed by atoms with van der Waals surface area (Å²) >= 11 is 0. The first-order chi connectivity index (χ1) is 8.24. The summed E-state index contributed by atoms with van der Waals surface area (Å²) in [5.74, 6) is 0. The summed E-state index contributed by atoms with van der Waals surface area (Å²) in [6.45, 7) is 5.99. The van der Waals surface area contributed by atoms with E-state index in [1.807, 2.05) is 49.4 Å². The Bertz CT molecular complexity index is 343. The summed E-state index contributed by atoms with van der Waals surface area (Å²) in [5, 5.41) is 9.81. The monoisotopic (exact) mass is 232 g/mol. The second kappa shape index (κ2) is 7.82. The van der Waals surface area contributed by atoms with Gasteiger partial charge < -0.3 is 9.84 Å². The fourth-order valence-corrected chi connectivity index (χ4v) is 1.42. The fraction of sp³-hybridized carbons (Fsp3) is 0.333. The zero-order valence-electron chi connectivity index (χ0n) is 10.3. The van der Waals surface area contributed by atoms with Gasteiger partial charge in [-0.1, -0.05) is 55.1 Å². The minimum atomic E-state index is -0.477. The molecule has 92 valence electrons. The van der Waals surface area contributed by atoms with Crippen LogP contribution in [0.4, 0.5) is 0 Å². The molecule has 1 N–H and O–H groups in total. The van der Waals surface area contributed by atoms with Gasteiger partial charge in [0.05, 0.1) is 18.8 Å². The number of aliphatic hydroxyl groups is 1. The van der Waals surface area contributed by atoms with Crippen molar-refractivity contribution in [1.29, 1.82) is 0 Å². The van der Waals surface area contributed by atoms with Crippen LogP contribution in [-0.2, 0) is 11.3 Å². The molecule has 0 aliphatic rings. The van der Waals surface area contributed by atoms with Crippen LogP contribution in [0.15, 0.2) is 55.1 Å². The van der Waals surface area contributed by atoms with Crippen LogP contribution < -0.4 is 0 Å². The summed E-state index contributed by atoms with van der Waals surface area (Å²) in [6, 6.07) is 9.95. The van der Waals surface area contributed by atoms with E-state index in [1.54, 1.807) is 6.08 Å². The predicted molar refractivity (Wildman–Crippen MR) is 70.7 cm³/mol. The molecule has 2 nitrogen and oxygen atoms in total. The van der Waals surface area contributed by atoms with Crippen molar-refractivity contribution in [2.75, 3.05) is 0 Å². The number of hydrogen-bond donors (Lipinski definition) is 1. The van der Waals surface area contributed by atoms with Gasteiger partial charge in [0.2, 0.25) is 0 Å². The van der Waals surface area contributed by atoms with Gasteiger partial charge >= 0.3 is 0 Å². The second-order valence-corrected chi connectivity index (χ2v) is 3.97. The first-order valence-corrected chi connectivity index (χ1v) is 5.85. The lowest BCUT2D eigenvalue weighted by atomic mass is 10.1. The normalized spacial score (nSPS) is 14.7. The molecule has 0 radical (unpaired) electrons. The summed E-state index contributed by atoms with van der Waals surface area (Å²) in [4.78, 5) is 0. The second-order valence-electron chi connectivity index (χ2n) is 3.97. The SMILES string of the molecule is C=C/C=C/C[C@@H](O)[C@@H](C)OCc1ccccc1. The molecule has 0 aliphatic heterocycles. The average molecular weight is 232 g/mol. The summed E-state index contributed by atoms with van der Waals surface area (Å²) in [7, 11) is 0. The zero-order valence-corrected chi connectivity index (χ0v) is 10.3. The number of benzene rings is 1. The van der Waals surface area contributed by atoms with Crippen molar-refractivity contribution in [2.45, 2.75) is 32.2 Å². The van der Waals surface area contributed by atoms with Crippen LogP contribution in [0.3, 0.4) is 0 Å². The van der Waals surface area contributed by atoms with Crippen LogP contribution in [0.5, 0.6) is 0 Å². The van der Waals surface area contributed by atoms with E-state index in [9.17, 15) is 5.11 Å². The summed E-state index contributed by atoms with van der Waals surface area (Å²) in [6.07, 6.45) is 5.34. The third kappa shape index (κ3) is 5.48. The molecule has 0 saturated carbocycles. The molecule has 0 amide bonds. The Morgan fingerprint density at radius 2 is 2.06 bits per heavy atom. The van der Waals surface area contributed by atoms with E-state index in [2.05, 4.69) is 6.58 Å². The van der Waals surface area contributed by atoms with Gasteiger partial charge in [-0.2, -0.15) is 0 Å². The molecule has 0 aromatic heterocycles. The highest BCUT2D eigenvalue weighted by Crippen LogP contribution is 2.08. The molecule has 1 aromatic carbocycles. The lowest BCUT2D eigenvalue weighted by Crippen LogP contribution is -2.25.